The van der Waals surface area contributed by atoms with Crippen molar-refractivity contribution in [1.82, 2.24) is 4.98 Å². The number of aliphatic hydroxyl groups is 4. The third-order valence-electron chi connectivity index (χ3n) is 4.66. The van der Waals surface area contributed by atoms with Gasteiger partial charge in [0, 0.05) is 18.0 Å². The van der Waals surface area contributed by atoms with Gasteiger partial charge in [0.15, 0.2) is 0 Å². The number of hydrogen-bond acceptors (Lipinski definition) is 11. The number of aromatic amines is 1. The number of rotatable bonds is 7. The number of oxime groups is 1. The van der Waals surface area contributed by atoms with E-state index in [1.165, 1.54) is 7.11 Å². The predicted octanol–water partition coefficient (Wildman–Crippen LogP) is -0.615. The highest BCUT2D eigenvalue weighted by Gasteiger charge is 2.44. The first-order chi connectivity index (χ1) is 14.6. The quantitative estimate of drug-likeness (QED) is 0.129. The Hall–Kier alpha value is -1.91. The smallest absolute Gasteiger partial charge is 0.466 e. The largest absolute Gasteiger partial charge is 0.495 e. The molecule has 0 unspecified atom stereocenters. The Balaban J connectivity index is 1.89. The van der Waals surface area contributed by atoms with Crippen LogP contribution in [0.1, 0.15) is 5.56 Å². The topological polar surface area (TPSA) is 191 Å². The van der Waals surface area contributed by atoms with Gasteiger partial charge >= 0.3 is 10.4 Å². The molecule has 1 saturated heterocycles. The second-order valence-corrected chi connectivity index (χ2v) is 8.85. The van der Waals surface area contributed by atoms with E-state index in [1.54, 1.807) is 24.4 Å². The van der Waals surface area contributed by atoms with E-state index in [2.05, 4.69) is 14.4 Å². The summed E-state index contributed by atoms with van der Waals surface area (Å²) in [5, 5.41) is 43.6. The van der Waals surface area contributed by atoms with E-state index in [1.807, 2.05) is 0 Å². The maximum absolute atomic E-state index is 11.0. The Kier molecular flexibility index (Phi) is 7.43. The molecule has 14 heteroatoms. The van der Waals surface area contributed by atoms with Crippen molar-refractivity contribution < 1.29 is 47.2 Å². The zero-order valence-corrected chi connectivity index (χ0v) is 17.8. The van der Waals surface area contributed by atoms with Crippen LogP contribution < -0.4 is 4.74 Å². The van der Waals surface area contributed by atoms with Crippen LogP contribution >= 0.6 is 11.8 Å². The van der Waals surface area contributed by atoms with Crippen molar-refractivity contribution in [3.05, 3.63) is 30.0 Å². The number of fused-ring (bicyclic) bond motifs is 1. The predicted molar refractivity (Wildman–Crippen MR) is 110 cm³/mol. The zero-order valence-electron chi connectivity index (χ0n) is 16.2. The monoisotopic (exact) mass is 478 g/mol. The van der Waals surface area contributed by atoms with Gasteiger partial charge in [-0.3, -0.25) is 4.55 Å². The van der Waals surface area contributed by atoms with E-state index in [4.69, 9.17) is 14.0 Å². The van der Waals surface area contributed by atoms with Gasteiger partial charge in [-0.1, -0.05) is 29.1 Å². The average molecular weight is 479 g/mol. The molecule has 31 heavy (non-hydrogen) atoms. The highest BCUT2D eigenvalue weighted by molar-refractivity contribution is 8.14. The Bertz CT molecular complexity index is 1040. The summed E-state index contributed by atoms with van der Waals surface area (Å²) >= 11 is 0.706. The summed E-state index contributed by atoms with van der Waals surface area (Å²) in [6.07, 6.45) is -4.28. The van der Waals surface area contributed by atoms with Crippen LogP contribution in [0.2, 0.25) is 0 Å². The van der Waals surface area contributed by atoms with Crippen LogP contribution in [0, 0.1) is 0 Å². The van der Waals surface area contributed by atoms with Crippen molar-refractivity contribution in [3.63, 3.8) is 0 Å². The first-order valence-electron chi connectivity index (χ1n) is 8.97. The summed E-state index contributed by atoms with van der Waals surface area (Å²) in [7, 11) is -3.39. The Morgan fingerprint density at radius 2 is 2.00 bits per heavy atom. The standard InChI is InChI=1S/C17H22N2O10S2/c1-27-10-4-2-3-9-8(6-18-13(9)10)5-12(19-29-31(24,25)26)30-17-16(23)15(22)14(21)11(7-20)28-17/h2-4,6,11,14-18,20-23H,5,7H2,1H3,(H,24,25,26)/b19-12+/t11-,14-,15+,16-,17+/m1/s1. The lowest BCUT2D eigenvalue weighted by molar-refractivity contribution is -0.205. The van der Waals surface area contributed by atoms with Gasteiger partial charge in [-0.05, 0) is 11.6 Å². The Morgan fingerprint density at radius 3 is 2.65 bits per heavy atom. The van der Waals surface area contributed by atoms with E-state index < -0.39 is 46.9 Å². The van der Waals surface area contributed by atoms with Crippen LogP contribution in [0.15, 0.2) is 29.6 Å². The van der Waals surface area contributed by atoms with Gasteiger partial charge in [0.1, 0.15) is 40.6 Å². The van der Waals surface area contributed by atoms with Gasteiger partial charge in [-0.15, -0.1) is 0 Å². The Labute approximate surface area is 181 Å². The molecule has 0 spiro atoms. The summed E-state index contributed by atoms with van der Waals surface area (Å²) in [5.74, 6) is 0.581. The number of hydrogen-bond donors (Lipinski definition) is 6. The van der Waals surface area contributed by atoms with E-state index in [-0.39, 0.29) is 11.5 Å². The molecule has 2 aromatic rings. The molecule has 0 bridgehead atoms. The molecule has 1 aliphatic rings. The fourth-order valence-electron chi connectivity index (χ4n) is 3.15. The van der Waals surface area contributed by atoms with Gasteiger partial charge in [-0.2, -0.15) is 8.42 Å². The number of nitrogens with one attached hydrogen (secondary N) is 1. The third-order valence-corrected chi connectivity index (χ3v) is 6.03. The minimum Gasteiger partial charge on any atom is -0.495 e. The van der Waals surface area contributed by atoms with Crippen molar-refractivity contribution in [1.29, 1.82) is 0 Å². The lowest BCUT2D eigenvalue weighted by Crippen LogP contribution is -2.57. The van der Waals surface area contributed by atoms with Gasteiger partial charge in [0.2, 0.25) is 0 Å². The molecule has 0 radical (unpaired) electrons. The summed E-state index contributed by atoms with van der Waals surface area (Å²) < 4.78 is 45.7. The number of thioether (sulfide) groups is 1. The third kappa shape index (κ3) is 5.48. The average Bonchev–Trinajstić information content (AvgIpc) is 3.14. The van der Waals surface area contributed by atoms with Gasteiger partial charge in [0.05, 0.1) is 19.2 Å². The molecule has 172 valence electrons. The van der Waals surface area contributed by atoms with Crippen LogP contribution in [-0.4, -0.2) is 87.0 Å². The van der Waals surface area contributed by atoms with Gasteiger partial charge in [0.25, 0.3) is 0 Å². The number of benzene rings is 1. The van der Waals surface area contributed by atoms with Crippen molar-refractivity contribution in [2.45, 2.75) is 36.3 Å². The summed E-state index contributed by atoms with van der Waals surface area (Å²) in [4.78, 5) is 3.04. The molecule has 2 heterocycles. The van der Waals surface area contributed by atoms with E-state index in [9.17, 15) is 28.8 Å². The molecule has 12 nitrogen and oxygen atoms in total. The fourth-order valence-corrected chi connectivity index (χ4v) is 4.46. The second kappa shape index (κ2) is 9.70. The zero-order chi connectivity index (χ0) is 22.8. The molecule has 1 aromatic heterocycles. The lowest BCUT2D eigenvalue weighted by Gasteiger charge is -2.39. The number of ether oxygens (including phenoxy) is 2. The molecule has 0 aliphatic carbocycles. The molecule has 3 rings (SSSR count). The van der Waals surface area contributed by atoms with Gasteiger partial charge in [-0.25, -0.2) is 4.28 Å². The molecule has 6 N–H and O–H groups in total. The molecule has 0 saturated carbocycles. The van der Waals surface area contributed by atoms with Crippen molar-refractivity contribution in [2.75, 3.05) is 13.7 Å². The molecular formula is C17H22N2O10S2. The maximum atomic E-state index is 11.0. The molecule has 0 amide bonds. The van der Waals surface area contributed by atoms with Crippen LogP contribution in [0.5, 0.6) is 5.75 Å². The van der Waals surface area contributed by atoms with Crippen LogP contribution in [-0.2, 0) is 25.8 Å². The number of H-pyrrole nitrogens is 1. The normalized spacial score (nSPS) is 27.4. The number of methoxy groups -OCH3 is 1. The van der Waals surface area contributed by atoms with E-state index in [0.29, 0.717) is 28.6 Å². The highest BCUT2D eigenvalue weighted by Crippen LogP contribution is 2.32. The number of aliphatic hydroxyl groups excluding tert-OH is 4. The van der Waals surface area contributed by atoms with Crippen LogP contribution in [0.25, 0.3) is 10.9 Å². The maximum Gasteiger partial charge on any atom is 0.466 e. The molecule has 1 aliphatic heterocycles. The van der Waals surface area contributed by atoms with Gasteiger partial charge < -0.3 is 34.9 Å². The molecule has 1 fully saturated rings. The summed E-state index contributed by atoms with van der Waals surface area (Å²) in [6.45, 7) is -0.627. The number of nitrogens with zero attached hydrogens (tertiary/aromatic N) is 1. The highest BCUT2D eigenvalue weighted by atomic mass is 32.3. The van der Waals surface area contributed by atoms with E-state index in [0.717, 1.165) is 5.39 Å². The van der Waals surface area contributed by atoms with Crippen LogP contribution in [0.3, 0.4) is 0 Å². The summed E-state index contributed by atoms with van der Waals surface area (Å²) in [6, 6.07) is 5.31. The van der Waals surface area contributed by atoms with Crippen molar-refractivity contribution in [3.8, 4) is 5.75 Å². The lowest BCUT2D eigenvalue weighted by atomic mass is 10.0. The number of aromatic nitrogens is 1. The van der Waals surface area contributed by atoms with Crippen molar-refractivity contribution in [2.24, 2.45) is 5.16 Å². The minimum atomic E-state index is -4.90. The number of para-hydroxylation sites is 1. The van der Waals surface area contributed by atoms with E-state index >= 15 is 0 Å². The minimum absolute atomic E-state index is 0.0115. The SMILES string of the molecule is COc1cccc2c(C/C(=N\OS(=O)(=O)O)S[C@@H]3O[C@H](CO)[C@@H](O)[C@H](O)[C@H]3O)c[nH]c12. The summed E-state index contributed by atoms with van der Waals surface area (Å²) in [5.41, 5.74) is 0.121. The first kappa shape index (κ1) is 23.7. The second-order valence-electron chi connectivity index (χ2n) is 6.68. The molecular weight excluding hydrogens is 456 g/mol. The Morgan fingerprint density at radius 1 is 1.26 bits per heavy atom. The first-order valence-corrected chi connectivity index (χ1v) is 11.2. The van der Waals surface area contributed by atoms with Crippen LogP contribution in [0.4, 0.5) is 0 Å². The molecule has 1 aromatic carbocycles. The van der Waals surface area contributed by atoms with Crippen molar-refractivity contribution >= 4 is 38.1 Å². The molecule has 5 atom stereocenters. The fraction of sp³-hybridized carbons (Fsp3) is 0.471.